The van der Waals surface area contributed by atoms with Gasteiger partial charge in [-0.2, -0.15) is 13.2 Å². The molecule has 1 aliphatic heterocycles. The number of alkyl halides is 3. The topological polar surface area (TPSA) is 52.6 Å². The Balaban J connectivity index is 0.00000364. The normalized spacial score (nSPS) is 18.1. The van der Waals surface area contributed by atoms with Gasteiger partial charge >= 0.3 is 6.18 Å². The predicted molar refractivity (Wildman–Crippen MR) is 115 cm³/mol. The van der Waals surface area contributed by atoms with Gasteiger partial charge in [0.25, 0.3) is 0 Å². The van der Waals surface area contributed by atoms with Gasteiger partial charge in [-0.15, -0.1) is 35.3 Å². The molecule has 1 aromatic rings. The second kappa shape index (κ2) is 11.4. The smallest absolute Gasteiger partial charge is 0.357 e. The zero-order valence-electron chi connectivity index (χ0n) is 16.0. The zero-order chi connectivity index (χ0) is 19.2. The molecule has 27 heavy (non-hydrogen) atoms. The number of piperidine rings is 1. The van der Waals surface area contributed by atoms with E-state index in [4.69, 9.17) is 0 Å². The van der Waals surface area contributed by atoms with E-state index in [2.05, 4.69) is 39.4 Å². The molecule has 1 aromatic heterocycles. The molecule has 5 nitrogen and oxygen atoms in total. The van der Waals surface area contributed by atoms with Crippen LogP contribution in [-0.4, -0.2) is 48.1 Å². The van der Waals surface area contributed by atoms with Gasteiger partial charge in [-0.1, -0.05) is 6.92 Å². The number of guanidine groups is 1. The van der Waals surface area contributed by atoms with Crippen molar-refractivity contribution >= 4 is 41.3 Å². The van der Waals surface area contributed by atoms with Crippen LogP contribution < -0.4 is 10.6 Å². The first-order valence-corrected chi connectivity index (χ1v) is 9.95. The molecule has 1 unspecified atom stereocenters. The van der Waals surface area contributed by atoms with Gasteiger partial charge in [0.15, 0.2) is 11.7 Å². The summed E-state index contributed by atoms with van der Waals surface area (Å²) in [5.41, 5.74) is -0.849. The maximum atomic E-state index is 12.6. The third-order valence-corrected chi connectivity index (χ3v) is 5.40. The Bertz CT molecular complexity index is 585. The van der Waals surface area contributed by atoms with E-state index in [-0.39, 0.29) is 30.5 Å². The number of aromatic nitrogens is 1. The van der Waals surface area contributed by atoms with Crippen LogP contribution in [0.15, 0.2) is 10.4 Å². The van der Waals surface area contributed by atoms with Crippen LogP contribution >= 0.6 is 35.3 Å². The highest BCUT2D eigenvalue weighted by molar-refractivity contribution is 14.0. The van der Waals surface area contributed by atoms with Crippen molar-refractivity contribution in [1.29, 1.82) is 0 Å². The Hall–Kier alpha value is -0.620. The van der Waals surface area contributed by atoms with Crippen LogP contribution in [0.1, 0.15) is 44.3 Å². The van der Waals surface area contributed by atoms with Crippen molar-refractivity contribution in [2.45, 2.75) is 52.4 Å². The van der Waals surface area contributed by atoms with Crippen LogP contribution in [0.5, 0.6) is 0 Å². The molecule has 0 radical (unpaired) electrons. The molecular weight excluding hydrogens is 490 g/mol. The van der Waals surface area contributed by atoms with Crippen molar-refractivity contribution in [2.75, 3.05) is 26.2 Å². The minimum Gasteiger partial charge on any atom is -0.357 e. The molecule has 2 heterocycles. The average molecular weight is 519 g/mol. The van der Waals surface area contributed by atoms with Gasteiger partial charge in [0.2, 0.25) is 0 Å². The molecule has 0 saturated carbocycles. The molecule has 1 fully saturated rings. The van der Waals surface area contributed by atoms with E-state index in [1.165, 1.54) is 12.8 Å². The van der Waals surface area contributed by atoms with Crippen molar-refractivity contribution in [1.82, 2.24) is 20.5 Å². The number of nitrogens with one attached hydrogen (secondary N) is 2. The Kier molecular flexibility index (Phi) is 10.3. The summed E-state index contributed by atoms with van der Waals surface area (Å²) in [6.07, 6.45) is -1.95. The molecular formula is C17H29F3IN5S. The van der Waals surface area contributed by atoms with Gasteiger partial charge in [0, 0.05) is 24.5 Å². The molecule has 0 spiro atoms. The van der Waals surface area contributed by atoms with E-state index in [1.54, 1.807) is 0 Å². The highest BCUT2D eigenvalue weighted by Crippen LogP contribution is 2.30. The first kappa shape index (κ1) is 24.4. The maximum Gasteiger partial charge on any atom is 0.434 e. The van der Waals surface area contributed by atoms with Gasteiger partial charge < -0.3 is 10.6 Å². The van der Waals surface area contributed by atoms with Crippen molar-refractivity contribution in [3.63, 3.8) is 0 Å². The van der Waals surface area contributed by atoms with Crippen LogP contribution in [0.3, 0.4) is 0 Å². The van der Waals surface area contributed by atoms with Crippen LogP contribution in [0.4, 0.5) is 13.2 Å². The Morgan fingerprint density at radius 3 is 2.59 bits per heavy atom. The van der Waals surface area contributed by atoms with E-state index in [1.807, 2.05) is 6.92 Å². The lowest BCUT2D eigenvalue weighted by Gasteiger charge is -2.35. The monoisotopic (exact) mass is 519 g/mol. The number of hydrogen-bond donors (Lipinski definition) is 2. The van der Waals surface area contributed by atoms with E-state index in [9.17, 15) is 13.2 Å². The quantitative estimate of drug-likeness (QED) is 0.340. The van der Waals surface area contributed by atoms with Gasteiger partial charge in [-0.05, 0) is 45.7 Å². The SMILES string of the molecule is CCNC(=NCc1nc(C(F)(F)F)cs1)NCC(C)N1CCC(C)CC1.I. The second-order valence-electron chi connectivity index (χ2n) is 6.77. The fourth-order valence-corrected chi connectivity index (χ4v) is 3.57. The number of halogens is 4. The highest BCUT2D eigenvalue weighted by Gasteiger charge is 2.33. The zero-order valence-corrected chi connectivity index (χ0v) is 19.1. The van der Waals surface area contributed by atoms with Gasteiger partial charge in [-0.25, -0.2) is 9.98 Å². The minimum atomic E-state index is -4.40. The van der Waals surface area contributed by atoms with Crippen LogP contribution in [-0.2, 0) is 12.7 Å². The molecule has 0 bridgehead atoms. The number of aliphatic imine (C=N–C) groups is 1. The summed E-state index contributed by atoms with van der Waals surface area (Å²) in [7, 11) is 0. The third-order valence-electron chi connectivity index (χ3n) is 4.57. The minimum absolute atomic E-state index is 0. The molecule has 10 heteroatoms. The van der Waals surface area contributed by atoms with E-state index in [0.29, 0.717) is 23.6 Å². The predicted octanol–water partition coefficient (Wildman–Crippen LogP) is 3.96. The Morgan fingerprint density at radius 2 is 2.04 bits per heavy atom. The first-order chi connectivity index (χ1) is 12.3. The van der Waals surface area contributed by atoms with E-state index >= 15 is 0 Å². The van der Waals surface area contributed by atoms with E-state index < -0.39 is 11.9 Å². The molecule has 1 saturated heterocycles. The van der Waals surface area contributed by atoms with Crippen LogP contribution in [0.2, 0.25) is 0 Å². The van der Waals surface area contributed by atoms with Gasteiger partial charge in [0.05, 0.1) is 6.54 Å². The van der Waals surface area contributed by atoms with Crippen molar-refractivity contribution in [3.8, 4) is 0 Å². The standard InChI is InChI=1S/C17H28F3N5S.HI/c1-4-21-16(22-9-13(3)25-7-5-12(2)6-8-25)23-10-15-24-14(11-26-15)17(18,19)20;/h11-13H,4-10H2,1-3H3,(H2,21,22,23);1H. The lowest BCUT2D eigenvalue weighted by molar-refractivity contribution is -0.140. The lowest BCUT2D eigenvalue weighted by atomic mass is 9.98. The molecule has 0 amide bonds. The molecule has 1 atom stereocenters. The average Bonchev–Trinajstić information content (AvgIpc) is 3.07. The molecule has 1 aliphatic rings. The van der Waals surface area contributed by atoms with E-state index in [0.717, 1.165) is 42.3 Å². The second-order valence-corrected chi connectivity index (χ2v) is 7.71. The summed E-state index contributed by atoms with van der Waals surface area (Å²) < 4.78 is 37.8. The van der Waals surface area contributed by atoms with Crippen LogP contribution in [0.25, 0.3) is 0 Å². The molecule has 0 aromatic carbocycles. The number of rotatable bonds is 6. The molecule has 0 aliphatic carbocycles. The molecule has 2 N–H and O–H groups in total. The Labute approximate surface area is 180 Å². The van der Waals surface area contributed by atoms with Crippen molar-refractivity contribution in [2.24, 2.45) is 10.9 Å². The number of nitrogens with zero attached hydrogens (tertiary/aromatic N) is 3. The fourth-order valence-electron chi connectivity index (χ4n) is 2.84. The number of thiazole rings is 1. The summed E-state index contributed by atoms with van der Waals surface area (Å²) in [4.78, 5) is 10.4. The summed E-state index contributed by atoms with van der Waals surface area (Å²) >= 11 is 0.982. The molecule has 156 valence electrons. The molecule has 2 rings (SSSR count). The van der Waals surface area contributed by atoms with Gasteiger partial charge in [0.1, 0.15) is 5.01 Å². The lowest BCUT2D eigenvalue weighted by Crippen LogP contribution is -2.48. The third kappa shape index (κ3) is 8.10. The number of likely N-dealkylation sites (tertiary alicyclic amines) is 1. The van der Waals surface area contributed by atoms with Crippen molar-refractivity contribution < 1.29 is 13.2 Å². The highest BCUT2D eigenvalue weighted by atomic mass is 127. The fraction of sp³-hybridized carbons (Fsp3) is 0.765. The maximum absolute atomic E-state index is 12.6. The summed E-state index contributed by atoms with van der Waals surface area (Å²) in [5, 5.41) is 7.80. The summed E-state index contributed by atoms with van der Waals surface area (Å²) in [5.74, 6) is 1.40. The Morgan fingerprint density at radius 1 is 1.37 bits per heavy atom. The van der Waals surface area contributed by atoms with Gasteiger partial charge in [-0.3, -0.25) is 4.90 Å². The van der Waals surface area contributed by atoms with Crippen molar-refractivity contribution in [3.05, 3.63) is 16.1 Å². The summed E-state index contributed by atoms with van der Waals surface area (Å²) in [6, 6.07) is 0.378. The summed E-state index contributed by atoms with van der Waals surface area (Å²) in [6.45, 7) is 10.2. The first-order valence-electron chi connectivity index (χ1n) is 9.07. The largest absolute Gasteiger partial charge is 0.434 e. The van der Waals surface area contributed by atoms with Crippen LogP contribution in [0, 0.1) is 5.92 Å². The number of hydrogen-bond acceptors (Lipinski definition) is 4.